The van der Waals surface area contributed by atoms with E-state index < -0.39 is 0 Å². The minimum atomic E-state index is -0.280. The standard InChI is InChI=1S/C20H23FN2O/c1-23-12-2-3-17-13-16(6-9-19(17)23)10-11-22-20(24)14-15-4-7-18(21)8-5-15/h4-9,13H,2-3,10-12,14H2,1H3,(H,22,24). The van der Waals surface area contributed by atoms with E-state index in [9.17, 15) is 9.18 Å². The van der Waals surface area contributed by atoms with Gasteiger partial charge in [0.2, 0.25) is 5.91 Å². The zero-order chi connectivity index (χ0) is 16.9. The van der Waals surface area contributed by atoms with Crippen molar-refractivity contribution in [2.24, 2.45) is 0 Å². The van der Waals surface area contributed by atoms with Crippen molar-refractivity contribution in [3.8, 4) is 0 Å². The molecular formula is C20H23FN2O. The first-order valence-electron chi connectivity index (χ1n) is 8.46. The SMILES string of the molecule is CN1CCCc2cc(CCNC(=O)Cc3ccc(F)cc3)ccc21. The molecule has 24 heavy (non-hydrogen) atoms. The molecule has 2 aromatic carbocycles. The van der Waals surface area contributed by atoms with Crippen LogP contribution in [0.4, 0.5) is 10.1 Å². The van der Waals surface area contributed by atoms with Crippen molar-refractivity contribution in [1.82, 2.24) is 5.32 Å². The molecule has 0 radical (unpaired) electrons. The van der Waals surface area contributed by atoms with Crippen molar-refractivity contribution in [3.05, 3.63) is 65.0 Å². The highest BCUT2D eigenvalue weighted by Crippen LogP contribution is 2.26. The molecule has 0 fully saturated rings. The van der Waals surface area contributed by atoms with Crippen molar-refractivity contribution < 1.29 is 9.18 Å². The number of carbonyl (C=O) groups is 1. The largest absolute Gasteiger partial charge is 0.374 e. The number of anilines is 1. The van der Waals surface area contributed by atoms with Crippen molar-refractivity contribution in [3.63, 3.8) is 0 Å². The minimum Gasteiger partial charge on any atom is -0.374 e. The fraction of sp³-hybridized carbons (Fsp3) is 0.350. The van der Waals surface area contributed by atoms with Crippen LogP contribution in [0.1, 0.15) is 23.1 Å². The lowest BCUT2D eigenvalue weighted by atomic mass is 9.98. The lowest BCUT2D eigenvalue weighted by Crippen LogP contribution is -2.27. The summed E-state index contributed by atoms with van der Waals surface area (Å²) >= 11 is 0. The molecule has 1 heterocycles. The fourth-order valence-electron chi connectivity index (χ4n) is 3.19. The van der Waals surface area contributed by atoms with Crippen molar-refractivity contribution >= 4 is 11.6 Å². The Morgan fingerprint density at radius 2 is 1.92 bits per heavy atom. The van der Waals surface area contributed by atoms with Gasteiger partial charge >= 0.3 is 0 Å². The van der Waals surface area contributed by atoms with Gasteiger partial charge in [-0.25, -0.2) is 4.39 Å². The molecule has 0 bridgehead atoms. The highest BCUT2D eigenvalue weighted by Gasteiger charge is 2.13. The van der Waals surface area contributed by atoms with Gasteiger partial charge in [0.15, 0.2) is 0 Å². The van der Waals surface area contributed by atoms with Crippen molar-refractivity contribution in [2.45, 2.75) is 25.7 Å². The van der Waals surface area contributed by atoms with Crippen LogP contribution in [0.2, 0.25) is 0 Å². The van der Waals surface area contributed by atoms with E-state index >= 15 is 0 Å². The van der Waals surface area contributed by atoms with E-state index in [1.54, 1.807) is 12.1 Å². The van der Waals surface area contributed by atoms with Crippen LogP contribution in [0.25, 0.3) is 0 Å². The first-order valence-corrected chi connectivity index (χ1v) is 8.46. The molecule has 1 aliphatic rings. The maximum atomic E-state index is 12.9. The zero-order valence-electron chi connectivity index (χ0n) is 14.0. The summed E-state index contributed by atoms with van der Waals surface area (Å²) in [6.45, 7) is 1.74. The van der Waals surface area contributed by atoms with Crippen LogP contribution >= 0.6 is 0 Å². The number of carbonyl (C=O) groups excluding carboxylic acids is 1. The highest BCUT2D eigenvalue weighted by molar-refractivity contribution is 5.78. The summed E-state index contributed by atoms with van der Waals surface area (Å²) in [4.78, 5) is 14.3. The van der Waals surface area contributed by atoms with Crippen molar-refractivity contribution in [2.75, 3.05) is 25.0 Å². The number of nitrogens with zero attached hydrogens (tertiary/aromatic N) is 1. The Hall–Kier alpha value is -2.36. The lowest BCUT2D eigenvalue weighted by Gasteiger charge is -2.27. The maximum Gasteiger partial charge on any atom is 0.224 e. The molecule has 0 aromatic heterocycles. The molecule has 0 atom stereocenters. The van der Waals surface area contributed by atoms with Crippen LogP contribution in [-0.4, -0.2) is 26.0 Å². The van der Waals surface area contributed by atoms with Crippen LogP contribution in [0.3, 0.4) is 0 Å². The molecule has 0 spiro atoms. The molecular weight excluding hydrogens is 303 g/mol. The number of fused-ring (bicyclic) bond motifs is 1. The molecule has 0 saturated heterocycles. The molecule has 1 amide bonds. The van der Waals surface area contributed by atoms with E-state index in [0.717, 1.165) is 24.9 Å². The topological polar surface area (TPSA) is 32.3 Å². The van der Waals surface area contributed by atoms with Gasteiger partial charge in [-0.3, -0.25) is 4.79 Å². The Balaban J connectivity index is 1.49. The Kier molecular flexibility index (Phi) is 5.14. The van der Waals surface area contributed by atoms with E-state index in [1.165, 1.54) is 35.4 Å². The molecule has 0 aliphatic carbocycles. The molecule has 0 unspecified atom stereocenters. The van der Waals surface area contributed by atoms with Gasteiger partial charge in [-0.15, -0.1) is 0 Å². The van der Waals surface area contributed by atoms with E-state index in [0.29, 0.717) is 6.54 Å². The monoisotopic (exact) mass is 326 g/mol. The second-order valence-corrected chi connectivity index (χ2v) is 6.39. The Morgan fingerprint density at radius 1 is 1.17 bits per heavy atom. The smallest absolute Gasteiger partial charge is 0.224 e. The third kappa shape index (κ3) is 4.13. The summed E-state index contributed by atoms with van der Waals surface area (Å²) in [5.74, 6) is -0.309. The summed E-state index contributed by atoms with van der Waals surface area (Å²) in [5.41, 5.74) is 4.81. The van der Waals surface area contributed by atoms with Gasteiger partial charge in [0.1, 0.15) is 5.82 Å². The Bertz CT molecular complexity index is 712. The van der Waals surface area contributed by atoms with Gasteiger partial charge < -0.3 is 10.2 Å². The van der Waals surface area contributed by atoms with Gasteiger partial charge in [-0.05, 0) is 54.2 Å². The Morgan fingerprint density at radius 3 is 2.71 bits per heavy atom. The minimum absolute atomic E-state index is 0.0284. The summed E-state index contributed by atoms with van der Waals surface area (Å²) in [5, 5.41) is 2.94. The average molecular weight is 326 g/mol. The fourth-order valence-corrected chi connectivity index (χ4v) is 3.19. The first kappa shape index (κ1) is 16.5. The molecule has 1 N–H and O–H groups in total. The molecule has 1 aliphatic heterocycles. The predicted octanol–water partition coefficient (Wildman–Crippen LogP) is 3.11. The van der Waals surface area contributed by atoms with Gasteiger partial charge in [-0.2, -0.15) is 0 Å². The predicted molar refractivity (Wildman–Crippen MR) is 94.9 cm³/mol. The van der Waals surface area contributed by atoms with Crippen LogP contribution in [-0.2, 0) is 24.1 Å². The van der Waals surface area contributed by atoms with Crippen LogP contribution in [0, 0.1) is 5.82 Å². The van der Waals surface area contributed by atoms with Gasteiger partial charge in [0.05, 0.1) is 6.42 Å². The van der Waals surface area contributed by atoms with E-state index in [1.807, 2.05) is 0 Å². The number of rotatable bonds is 5. The summed E-state index contributed by atoms with van der Waals surface area (Å²) < 4.78 is 12.9. The number of amides is 1. The van der Waals surface area contributed by atoms with Crippen LogP contribution in [0.5, 0.6) is 0 Å². The summed E-state index contributed by atoms with van der Waals surface area (Å²) in [6.07, 6.45) is 3.44. The summed E-state index contributed by atoms with van der Waals surface area (Å²) in [6, 6.07) is 12.7. The highest BCUT2D eigenvalue weighted by atomic mass is 19.1. The molecule has 0 saturated carbocycles. The normalized spacial score (nSPS) is 13.5. The maximum absolute atomic E-state index is 12.9. The average Bonchev–Trinajstić information content (AvgIpc) is 2.57. The quantitative estimate of drug-likeness (QED) is 0.916. The first-order chi connectivity index (χ1) is 11.6. The van der Waals surface area contributed by atoms with E-state index in [4.69, 9.17) is 0 Å². The van der Waals surface area contributed by atoms with E-state index in [-0.39, 0.29) is 18.1 Å². The summed E-state index contributed by atoms with van der Waals surface area (Å²) in [7, 11) is 2.13. The molecule has 126 valence electrons. The van der Waals surface area contributed by atoms with E-state index in [2.05, 4.69) is 35.5 Å². The third-order valence-electron chi connectivity index (χ3n) is 4.51. The molecule has 3 nitrogen and oxygen atoms in total. The van der Waals surface area contributed by atoms with Gasteiger partial charge in [-0.1, -0.05) is 24.3 Å². The second-order valence-electron chi connectivity index (χ2n) is 6.39. The lowest BCUT2D eigenvalue weighted by molar-refractivity contribution is -0.120. The molecule has 4 heteroatoms. The number of hydrogen-bond acceptors (Lipinski definition) is 2. The number of benzene rings is 2. The Labute approximate surface area is 142 Å². The third-order valence-corrected chi connectivity index (χ3v) is 4.51. The number of aryl methyl sites for hydroxylation is 1. The number of hydrogen-bond donors (Lipinski definition) is 1. The molecule has 2 aromatic rings. The van der Waals surface area contributed by atoms with Crippen LogP contribution in [0.15, 0.2) is 42.5 Å². The second kappa shape index (κ2) is 7.47. The molecule has 3 rings (SSSR count). The zero-order valence-corrected chi connectivity index (χ0v) is 14.0. The van der Waals surface area contributed by atoms with Crippen LogP contribution < -0.4 is 10.2 Å². The van der Waals surface area contributed by atoms with Crippen molar-refractivity contribution in [1.29, 1.82) is 0 Å². The number of halogens is 1. The van der Waals surface area contributed by atoms with Gasteiger partial charge in [0.25, 0.3) is 0 Å². The number of nitrogens with one attached hydrogen (secondary N) is 1. The van der Waals surface area contributed by atoms with Gasteiger partial charge in [0, 0.05) is 25.8 Å².